The number of amides is 1. The SMILES string of the molecule is CC(=O)N[C@]12CCC(C)(C)C[C@H]1[C@H]1C(=O)C=C3[C@@]4(C)C=C(C#N)C(=O)[C@@H](C)[C@@H]4CC[C@@]3(C)[C@]1(C)CC2. The average Bonchev–Trinajstić information content (AvgIpc) is 2.78. The van der Waals surface area contributed by atoms with Gasteiger partial charge in [0.25, 0.3) is 0 Å². The smallest absolute Gasteiger partial charge is 0.217 e. The summed E-state index contributed by atoms with van der Waals surface area (Å²) in [5.74, 6) is -0.0407. The number of nitrogens with zero attached hydrogens (tertiary/aromatic N) is 1. The molecule has 0 saturated heterocycles. The van der Waals surface area contributed by atoms with Gasteiger partial charge in [0.05, 0.1) is 5.57 Å². The molecular weight excluding hydrogens is 448 g/mol. The zero-order valence-corrected chi connectivity index (χ0v) is 23.1. The van der Waals surface area contributed by atoms with Gasteiger partial charge in [-0.25, -0.2) is 0 Å². The zero-order chi connectivity index (χ0) is 26.5. The van der Waals surface area contributed by atoms with Crippen molar-refractivity contribution in [3.8, 4) is 6.07 Å². The van der Waals surface area contributed by atoms with Gasteiger partial charge in [-0.05, 0) is 79.1 Å². The van der Waals surface area contributed by atoms with Crippen LogP contribution in [-0.2, 0) is 14.4 Å². The summed E-state index contributed by atoms with van der Waals surface area (Å²) in [7, 11) is 0. The largest absolute Gasteiger partial charge is 0.351 e. The molecule has 0 unspecified atom stereocenters. The highest BCUT2D eigenvalue weighted by atomic mass is 16.1. The molecule has 0 aromatic heterocycles. The first kappa shape index (κ1) is 25.4. The van der Waals surface area contributed by atoms with Crippen molar-refractivity contribution in [1.29, 1.82) is 5.26 Å². The summed E-state index contributed by atoms with van der Waals surface area (Å²) in [6.45, 7) is 15.0. The Hall–Kier alpha value is -2.22. The number of fused-ring (bicyclic) bond motifs is 7. The van der Waals surface area contributed by atoms with Crippen molar-refractivity contribution in [3.63, 3.8) is 0 Å². The van der Waals surface area contributed by atoms with Crippen LogP contribution >= 0.6 is 0 Å². The summed E-state index contributed by atoms with van der Waals surface area (Å²) in [5, 5.41) is 13.1. The third-order valence-corrected chi connectivity index (χ3v) is 11.9. The maximum atomic E-state index is 14.3. The number of nitrogens with one attached hydrogen (secondary N) is 1. The minimum atomic E-state index is -0.479. The van der Waals surface area contributed by atoms with Gasteiger partial charge >= 0.3 is 0 Å². The number of nitriles is 1. The third-order valence-electron chi connectivity index (χ3n) is 11.9. The van der Waals surface area contributed by atoms with E-state index in [1.165, 1.54) is 0 Å². The summed E-state index contributed by atoms with van der Waals surface area (Å²) in [4.78, 5) is 39.6. The Morgan fingerprint density at radius 3 is 2.33 bits per heavy atom. The first-order valence-corrected chi connectivity index (χ1v) is 13.9. The fourth-order valence-corrected chi connectivity index (χ4v) is 9.82. The van der Waals surface area contributed by atoms with Crippen molar-refractivity contribution in [2.45, 2.75) is 99.0 Å². The second-order valence-electron chi connectivity index (χ2n) is 14.3. The lowest BCUT2D eigenvalue weighted by Crippen LogP contribution is -2.69. The van der Waals surface area contributed by atoms with Crippen LogP contribution in [-0.4, -0.2) is 23.0 Å². The standard InChI is InChI=1S/C31H42N2O3/c1-18-21-8-9-29(6)24(28(21,5)15-20(17-32)26(18)36)14-23(35)25-22-16-27(3,4)10-12-31(22,33-19(2)34)13-11-30(25,29)7/h14-15,18,21-22,25H,8-13,16H2,1-7H3,(H,33,34)/t18-,21-,22-,25-,28-,29+,30+,31-/m0/s1. The highest BCUT2D eigenvalue weighted by Gasteiger charge is 2.69. The molecule has 0 aromatic carbocycles. The molecule has 0 heterocycles. The van der Waals surface area contributed by atoms with Crippen molar-refractivity contribution in [1.82, 2.24) is 5.32 Å². The van der Waals surface area contributed by atoms with E-state index in [9.17, 15) is 19.6 Å². The van der Waals surface area contributed by atoms with Crippen LogP contribution in [0, 0.1) is 56.7 Å². The summed E-state index contributed by atoms with van der Waals surface area (Å²) < 4.78 is 0. The van der Waals surface area contributed by atoms with Crippen molar-refractivity contribution in [3.05, 3.63) is 23.3 Å². The van der Waals surface area contributed by atoms with Crippen LogP contribution in [0.1, 0.15) is 93.4 Å². The fourth-order valence-electron chi connectivity index (χ4n) is 9.82. The lowest BCUT2D eigenvalue weighted by atomic mass is 9.36. The molecule has 0 bridgehead atoms. The molecule has 3 fully saturated rings. The Labute approximate surface area is 216 Å². The van der Waals surface area contributed by atoms with Crippen molar-refractivity contribution < 1.29 is 14.4 Å². The summed E-state index contributed by atoms with van der Waals surface area (Å²) in [5.41, 5.74) is 0.253. The van der Waals surface area contributed by atoms with Crippen molar-refractivity contribution >= 4 is 17.5 Å². The van der Waals surface area contributed by atoms with Gasteiger partial charge in [-0.15, -0.1) is 0 Å². The van der Waals surface area contributed by atoms with Gasteiger partial charge < -0.3 is 5.32 Å². The third kappa shape index (κ3) is 3.15. The second-order valence-corrected chi connectivity index (χ2v) is 14.3. The van der Waals surface area contributed by atoms with Crippen LogP contribution in [0.5, 0.6) is 0 Å². The molecule has 5 heteroatoms. The van der Waals surface area contributed by atoms with Gasteiger partial charge in [0.1, 0.15) is 6.07 Å². The lowest BCUT2D eigenvalue weighted by molar-refractivity contribution is -0.162. The maximum Gasteiger partial charge on any atom is 0.217 e. The first-order chi connectivity index (χ1) is 16.6. The van der Waals surface area contributed by atoms with E-state index in [4.69, 9.17) is 0 Å². The van der Waals surface area contributed by atoms with E-state index < -0.39 is 5.41 Å². The van der Waals surface area contributed by atoms with Crippen LogP contribution in [0.25, 0.3) is 0 Å². The van der Waals surface area contributed by atoms with E-state index >= 15 is 0 Å². The summed E-state index contributed by atoms with van der Waals surface area (Å²) in [6, 6.07) is 2.16. The number of Topliss-reactive ketones (excluding diaryl/α,β-unsaturated/α-hetero) is 1. The molecule has 0 aliphatic heterocycles. The predicted octanol–water partition coefficient (Wildman–Crippen LogP) is 5.70. The lowest BCUT2D eigenvalue weighted by Gasteiger charge is -2.68. The fraction of sp³-hybridized carbons (Fsp3) is 0.742. The molecule has 0 aromatic rings. The molecule has 5 nitrogen and oxygen atoms in total. The Morgan fingerprint density at radius 2 is 1.69 bits per heavy atom. The number of allylic oxidation sites excluding steroid dienone is 4. The number of carbonyl (C=O) groups excluding carboxylic acids is 3. The number of hydrogen-bond donors (Lipinski definition) is 1. The summed E-state index contributed by atoms with van der Waals surface area (Å²) in [6.07, 6.45) is 10.4. The normalized spacial score (nSPS) is 47.2. The van der Waals surface area contributed by atoms with Gasteiger partial charge in [0.15, 0.2) is 11.6 Å². The van der Waals surface area contributed by atoms with Crippen molar-refractivity contribution in [2.75, 3.05) is 0 Å². The van der Waals surface area contributed by atoms with Gasteiger partial charge in [0, 0.05) is 29.7 Å². The highest BCUT2D eigenvalue weighted by Crippen LogP contribution is 2.72. The highest BCUT2D eigenvalue weighted by molar-refractivity contribution is 6.02. The minimum absolute atomic E-state index is 0.00272. The molecule has 5 aliphatic rings. The topological polar surface area (TPSA) is 87.0 Å². The monoisotopic (exact) mass is 490 g/mol. The maximum absolute atomic E-state index is 14.3. The molecule has 1 N–H and O–H groups in total. The molecule has 194 valence electrons. The molecule has 8 atom stereocenters. The van der Waals surface area contributed by atoms with Gasteiger partial charge in [-0.2, -0.15) is 5.26 Å². The van der Waals surface area contributed by atoms with Crippen LogP contribution < -0.4 is 5.32 Å². The molecule has 3 saturated carbocycles. The Balaban J connectivity index is 1.68. The van der Waals surface area contributed by atoms with Crippen LogP contribution in [0.2, 0.25) is 0 Å². The van der Waals surface area contributed by atoms with Crippen LogP contribution in [0.3, 0.4) is 0 Å². The van der Waals surface area contributed by atoms with Crippen LogP contribution in [0.4, 0.5) is 0 Å². The number of carbonyl (C=O) groups is 3. The molecule has 36 heavy (non-hydrogen) atoms. The molecule has 0 radical (unpaired) electrons. The Kier molecular flexibility index (Phi) is 5.40. The number of ketones is 2. The van der Waals surface area contributed by atoms with Crippen molar-refractivity contribution in [2.24, 2.45) is 45.3 Å². The Bertz CT molecular complexity index is 1160. The average molecular weight is 491 g/mol. The van der Waals surface area contributed by atoms with Crippen LogP contribution in [0.15, 0.2) is 23.3 Å². The van der Waals surface area contributed by atoms with E-state index in [-0.39, 0.29) is 68.5 Å². The van der Waals surface area contributed by atoms with Gasteiger partial charge in [-0.3, -0.25) is 14.4 Å². The minimum Gasteiger partial charge on any atom is -0.351 e. The predicted molar refractivity (Wildman–Crippen MR) is 138 cm³/mol. The second kappa shape index (κ2) is 7.65. The zero-order valence-electron chi connectivity index (χ0n) is 23.1. The van der Waals surface area contributed by atoms with E-state index in [0.717, 1.165) is 50.5 Å². The van der Waals surface area contributed by atoms with Gasteiger partial charge in [-0.1, -0.05) is 53.2 Å². The number of rotatable bonds is 1. The summed E-state index contributed by atoms with van der Waals surface area (Å²) >= 11 is 0. The molecule has 5 aliphatic carbocycles. The molecular formula is C31H42N2O3. The quantitative estimate of drug-likeness (QED) is 0.510. The Morgan fingerprint density at radius 1 is 1.03 bits per heavy atom. The van der Waals surface area contributed by atoms with Gasteiger partial charge in [0.2, 0.25) is 5.91 Å². The molecule has 0 spiro atoms. The van der Waals surface area contributed by atoms with E-state index in [0.29, 0.717) is 0 Å². The van der Waals surface area contributed by atoms with E-state index in [2.05, 4.69) is 46.0 Å². The van der Waals surface area contributed by atoms with E-state index in [1.54, 1.807) is 6.92 Å². The number of hydrogen-bond acceptors (Lipinski definition) is 4. The molecule has 5 rings (SSSR count). The first-order valence-electron chi connectivity index (χ1n) is 13.9. The molecule has 1 amide bonds. The van der Waals surface area contributed by atoms with E-state index in [1.807, 2.05) is 19.1 Å².